The molecule has 1 atom stereocenters. The molecule has 1 heterocycles. The quantitative estimate of drug-likeness (QED) is 0.757. The van der Waals surface area contributed by atoms with E-state index in [-0.39, 0.29) is 6.04 Å². The standard InChI is InChI=1S/C9H14N4/c1-7(2)13-6-8(5-12-13)9(4-10)11-3/h5-7,9,11H,1-3H3. The van der Waals surface area contributed by atoms with Crippen molar-refractivity contribution in [1.29, 1.82) is 5.26 Å². The number of aromatic nitrogens is 2. The van der Waals surface area contributed by atoms with Crippen LogP contribution in [0.4, 0.5) is 0 Å². The van der Waals surface area contributed by atoms with Gasteiger partial charge in [-0.2, -0.15) is 10.4 Å². The molecule has 1 N–H and O–H groups in total. The van der Waals surface area contributed by atoms with E-state index in [2.05, 4.69) is 30.3 Å². The summed E-state index contributed by atoms with van der Waals surface area (Å²) in [4.78, 5) is 0. The molecular formula is C9H14N4. The number of hydrogen-bond acceptors (Lipinski definition) is 3. The van der Waals surface area contributed by atoms with Gasteiger partial charge < -0.3 is 5.32 Å². The third-order valence-electron chi connectivity index (χ3n) is 1.90. The van der Waals surface area contributed by atoms with E-state index in [4.69, 9.17) is 5.26 Å². The molecule has 0 saturated carbocycles. The van der Waals surface area contributed by atoms with Crippen molar-refractivity contribution in [2.24, 2.45) is 0 Å². The molecule has 4 nitrogen and oxygen atoms in total. The Labute approximate surface area is 78.2 Å². The largest absolute Gasteiger partial charge is 0.301 e. The highest BCUT2D eigenvalue weighted by atomic mass is 15.3. The molecule has 70 valence electrons. The second-order valence-corrected chi connectivity index (χ2v) is 3.20. The molecule has 0 amide bonds. The molecule has 4 heteroatoms. The first-order chi connectivity index (χ1) is 6.19. The lowest BCUT2D eigenvalue weighted by molar-refractivity contribution is 0.531. The predicted octanol–water partition coefficient (Wildman–Crippen LogP) is 1.25. The third-order valence-corrected chi connectivity index (χ3v) is 1.90. The normalized spacial score (nSPS) is 12.8. The molecule has 0 saturated heterocycles. The van der Waals surface area contributed by atoms with E-state index >= 15 is 0 Å². The van der Waals surface area contributed by atoms with Gasteiger partial charge in [0.25, 0.3) is 0 Å². The van der Waals surface area contributed by atoms with Gasteiger partial charge in [-0.3, -0.25) is 4.68 Å². The fourth-order valence-electron chi connectivity index (χ4n) is 1.09. The van der Waals surface area contributed by atoms with Crippen molar-refractivity contribution in [3.05, 3.63) is 18.0 Å². The highest BCUT2D eigenvalue weighted by Crippen LogP contribution is 2.12. The minimum Gasteiger partial charge on any atom is -0.301 e. The van der Waals surface area contributed by atoms with Crippen molar-refractivity contribution in [2.45, 2.75) is 25.9 Å². The van der Waals surface area contributed by atoms with Crippen LogP contribution in [0.3, 0.4) is 0 Å². The highest BCUT2D eigenvalue weighted by Gasteiger charge is 2.10. The third kappa shape index (κ3) is 2.07. The van der Waals surface area contributed by atoms with Gasteiger partial charge in [0.15, 0.2) is 0 Å². The average Bonchev–Trinajstić information content (AvgIpc) is 2.56. The molecule has 0 spiro atoms. The van der Waals surface area contributed by atoms with Crippen molar-refractivity contribution in [3.8, 4) is 6.07 Å². The van der Waals surface area contributed by atoms with Crippen LogP contribution in [0.2, 0.25) is 0 Å². The summed E-state index contributed by atoms with van der Waals surface area (Å²) in [5.41, 5.74) is 0.915. The van der Waals surface area contributed by atoms with Gasteiger partial charge in [-0.15, -0.1) is 0 Å². The van der Waals surface area contributed by atoms with Crippen LogP contribution >= 0.6 is 0 Å². The summed E-state index contributed by atoms with van der Waals surface area (Å²) in [7, 11) is 1.76. The van der Waals surface area contributed by atoms with Crippen LogP contribution in [0.1, 0.15) is 31.5 Å². The highest BCUT2D eigenvalue weighted by molar-refractivity contribution is 5.17. The molecule has 0 aromatic carbocycles. The molecule has 1 aromatic heterocycles. The second kappa shape index (κ2) is 4.06. The van der Waals surface area contributed by atoms with Crippen LogP contribution in [0, 0.1) is 11.3 Å². The van der Waals surface area contributed by atoms with Gasteiger partial charge in [-0.1, -0.05) is 0 Å². The van der Waals surface area contributed by atoms with Crippen molar-refractivity contribution >= 4 is 0 Å². The van der Waals surface area contributed by atoms with E-state index in [1.165, 1.54) is 0 Å². The van der Waals surface area contributed by atoms with Gasteiger partial charge in [0, 0.05) is 17.8 Å². The lowest BCUT2D eigenvalue weighted by Crippen LogP contribution is -2.13. The Hall–Kier alpha value is -1.34. The topological polar surface area (TPSA) is 53.6 Å². The van der Waals surface area contributed by atoms with Crippen LogP contribution in [0.5, 0.6) is 0 Å². The SMILES string of the molecule is CNC(C#N)c1cnn(C(C)C)c1. The van der Waals surface area contributed by atoms with Crippen LogP contribution < -0.4 is 5.32 Å². The van der Waals surface area contributed by atoms with Crippen molar-refractivity contribution in [1.82, 2.24) is 15.1 Å². The van der Waals surface area contributed by atoms with Crippen LogP contribution in [0.25, 0.3) is 0 Å². The number of nitrogens with zero attached hydrogens (tertiary/aromatic N) is 3. The summed E-state index contributed by atoms with van der Waals surface area (Å²) in [6, 6.07) is 2.24. The van der Waals surface area contributed by atoms with Crippen LogP contribution in [-0.2, 0) is 0 Å². The number of nitriles is 1. The van der Waals surface area contributed by atoms with Gasteiger partial charge in [0.2, 0.25) is 0 Å². The number of rotatable bonds is 3. The monoisotopic (exact) mass is 178 g/mol. The zero-order chi connectivity index (χ0) is 9.84. The molecule has 0 aliphatic heterocycles. The van der Waals surface area contributed by atoms with Gasteiger partial charge in [-0.05, 0) is 20.9 Å². The molecule has 0 aliphatic rings. The zero-order valence-electron chi connectivity index (χ0n) is 8.15. The van der Waals surface area contributed by atoms with E-state index in [9.17, 15) is 0 Å². The fourth-order valence-corrected chi connectivity index (χ4v) is 1.09. The first-order valence-electron chi connectivity index (χ1n) is 4.30. The summed E-state index contributed by atoms with van der Waals surface area (Å²) < 4.78 is 1.84. The Morgan fingerprint density at radius 1 is 1.62 bits per heavy atom. The van der Waals surface area contributed by atoms with Gasteiger partial charge in [-0.25, -0.2) is 0 Å². The molecular weight excluding hydrogens is 164 g/mol. The minimum atomic E-state index is -0.257. The fraction of sp³-hybridized carbons (Fsp3) is 0.556. The Morgan fingerprint density at radius 3 is 2.69 bits per heavy atom. The minimum absolute atomic E-state index is 0.257. The van der Waals surface area contributed by atoms with Gasteiger partial charge in [0.05, 0.1) is 12.3 Å². The molecule has 13 heavy (non-hydrogen) atoms. The zero-order valence-corrected chi connectivity index (χ0v) is 8.15. The van der Waals surface area contributed by atoms with E-state index in [1.807, 2.05) is 10.9 Å². The van der Waals surface area contributed by atoms with Crippen molar-refractivity contribution < 1.29 is 0 Å². The summed E-state index contributed by atoms with van der Waals surface area (Å²) in [6.07, 6.45) is 3.62. The summed E-state index contributed by atoms with van der Waals surface area (Å²) in [5.74, 6) is 0. The molecule has 0 fully saturated rings. The molecule has 1 rings (SSSR count). The van der Waals surface area contributed by atoms with E-state index in [0.29, 0.717) is 6.04 Å². The Kier molecular flexibility index (Phi) is 3.04. The lowest BCUT2D eigenvalue weighted by atomic mass is 10.2. The lowest BCUT2D eigenvalue weighted by Gasteiger charge is -2.05. The van der Waals surface area contributed by atoms with Crippen molar-refractivity contribution in [3.63, 3.8) is 0 Å². The van der Waals surface area contributed by atoms with Crippen LogP contribution in [0.15, 0.2) is 12.4 Å². The first-order valence-corrected chi connectivity index (χ1v) is 4.30. The first kappa shape index (κ1) is 9.75. The second-order valence-electron chi connectivity index (χ2n) is 3.20. The Bertz CT molecular complexity index is 308. The average molecular weight is 178 g/mol. The van der Waals surface area contributed by atoms with Gasteiger partial charge >= 0.3 is 0 Å². The molecule has 0 aliphatic carbocycles. The number of hydrogen-bond donors (Lipinski definition) is 1. The maximum absolute atomic E-state index is 8.78. The summed E-state index contributed by atoms with van der Waals surface area (Å²) >= 11 is 0. The van der Waals surface area contributed by atoms with Crippen LogP contribution in [-0.4, -0.2) is 16.8 Å². The van der Waals surface area contributed by atoms with Gasteiger partial charge in [0.1, 0.15) is 6.04 Å². The van der Waals surface area contributed by atoms with E-state index in [1.54, 1.807) is 13.2 Å². The predicted molar refractivity (Wildman–Crippen MR) is 50.0 cm³/mol. The number of nitrogens with one attached hydrogen (secondary N) is 1. The molecule has 0 bridgehead atoms. The molecule has 0 radical (unpaired) electrons. The Balaban J connectivity index is 2.85. The summed E-state index contributed by atoms with van der Waals surface area (Å²) in [6.45, 7) is 4.11. The smallest absolute Gasteiger partial charge is 0.124 e. The van der Waals surface area contributed by atoms with Crippen molar-refractivity contribution in [2.75, 3.05) is 7.05 Å². The molecule has 1 unspecified atom stereocenters. The molecule has 1 aromatic rings. The maximum atomic E-state index is 8.78. The summed E-state index contributed by atoms with van der Waals surface area (Å²) in [5, 5.41) is 15.8. The van der Waals surface area contributed by atoms with E-state index < -0.39 is 0 Å². The Morgan fingerprint density at radius 2 is 2.31 bits per heavy atom. The maximum Gasteiger partial charge on any atom is 0.124 e. The van der Waals surface area contributed by atoms with E-state index in [0.717, 1.165) is 5.56 Å².